The monoisotopic (exact) mass is 331 g/mol. The number of nitrogens with one attached hydrogen (secondary N) is 1. The van der Waals surface area contributed by atoms with Crippen molar-refractivity contribution in [2.45, 2.75) is 24.4 Å². The molecule has 2 aromatic rings. The maximum Gasteiger partial charge on any atom is 0.238 e. The molecule has 20 heavy (non-hydrogen) atoms. The fourth-order valence-corrected chi connectivity index (χ4v) is 3.10. The largest absolute Gasteiger partial charge is 0.304 e. The molecule has 1 unspecified atom stereocenters. The summed E-state index contributed by atoms with van der Waals surface area (Å²) in [5, 5.41) is 9.26. The van der Waals surface area contributed by atoms with Gasteiger partial charge < -0.3 is 5.32 Å². The zero-order chi connectivity index (χ0) is 14.8. The molecule has 0 fully saturated rings. The van der Waals surface area contributed by atoms with Crippen molar-refractivity contribution in [3.05, 3.63) is 45.4 Å². The molecule has 0 aliphatic carbocycles. The maximum atomic E-state index is 11.2. The average molecular weight is 332 g/mol. The van der Waals surface area contributed by atoms with Gasteiger partial charge in [0.25, 0.3) is 0 Å². The van der Waals surface area contributed by atoms with Gasteiger partial charge >= 0.3 is 0 Å². The average Bonchev–Trinajstić information content (AvgIpc) is 2.81. The first-order valence-corrected chi connectivity index (χ1v) is 8.56. The van der Waals surface area contributed by atoms with E-state index in [4.69, 9.17) is 16.7 Å². The molecule has 0 aliphatic heterocycles. The van der Waals surface area contributed by atoms with Crippen LogP contribution in [0.25, 0.3) is 0 Å². The molecule has 1 atom stereocenters. The van der Waals surface area contributed by atoms with Gasteiger partial charge in [-0.15, -0.1) is 11.3 Å². The summed E-state index contributed by atoms with van der Waals surface area (Å²) in [6.07, 6.45) is 1.62. The fourth-order valence-electron chi connectivity index (χ4n) is 1.67. The Labute approximate surface area is 126 Å². The molecule has 3 N–H and O–H groups in total. The highest BCUT2D eigenvalue weighted by molar-refractivity contribution is 7.89. The Bertz CT molecular complexity index is 683. The minimum absolute atomic E-state index is 0.0622. The summed E-state index contributed by atoms with van der Waals surface area (Å²) in [5.41, 5.74) is 0.972. The third-order valence-electron chi connectivity index (χ3n) is 2.79. The van der Waals surface area contributed by atoms with Crippen molar-refractivity contribution in [1.29, 1.82) is 0 Å². The summed E-state index contributed by atoms with van der Waals surface area (Å²) in [7, 11) is -3.64. The van der Waals surface area contributed by atoms with Crippen LogP contribution >= 0.6 is 22.9 Å². The number of thiazole rings is 1. The van der Waals surface area contributed by atoms with Crippen LogP contribution in [-0.2, 0) is 16.6 Å². The minimum atomic E-state index is -3.64. The van der Waals surface area contributed by atoms with E-state index in [1.807, 2.05) is 6.92 Å². The van der Waals surface area contributed by atoms with Crippen molar-refractivity contribution >= 4 is 33.0 Å². The molecule has 1 aromatic heterocycles. The number of rotatable bonds is 5. The zero-order valence-corrected chi connectivity index (χ0v) is 13.1. The van der Waals surface area contributed by atoms with Crippen molar-refractivity contribution in [1.82, 2.24) is 10.3 Å². The van der Waals surface area contributed by atoms with Crippen molar-refractivity contribution < 1.29 is 8.42 Å². The number of aromatic nitrogens is 1. The van der Waals surface area contributed by atoms with Crippen LogP contribution in [0.3, 0.4) is 0 Å². The van der Waals surface area contributed by atoms with E-state index < -0.39 is 10.0 Å². The second-order valence-electron chi connectivity index (χ2n) is 4.27. The third-order valence-corrected chi connectivity index (χ3v) is 4.84. The molecule has 5 nitrogen and oxygen atoms in total. The van der Waals surface area contributed by atoms with Crippen LogP contribution in [0.15, 0.2) is 35.4 Å². The maximum absolute atomic E-state index is 11.2. The molecule has 0 aliphatic rings. The topological polar surface area (TPSA) is 85.1 Å². The van der Waals surface area contributed by atoms with Crippen molar-refractivity contribution in [2.75, 3.05) is 0 Å². The van der Waals surface area contributed by atoms with E-state index in [1.54, 1.807) is 18.3 Å². The van der Waals surface area contributed by atoms with E-state index in [0.717, 1.165) is 10.6 Å². The second kappa shape index (κ2) is 6.19. The van der Waals surface area contributed by atoms with Gasteiger partial charge in [0.1, 0.15) is 9.34 Å². The molecule has 2 rings (SSSR count). The number of primary sulfonamides is 1. The number of nitrogens with zero attached hydrogens (tertiary/aromatic N) is 1. The van der Waals surface area contributed by atoms with Crippen LogP contribution in [0.2, 0.25) is 4.34 Å². The predicted octanol–water partition coefficient (Wildman–Crippen LogP) is 2.29. The highest BCUT2D eigenvalue weighted by Gasteiger charge is 2.10. The summed E-state index contributed by atoms with van der Waals surface area (Å²) in [6, 6.07) is 6.55. The Morgan fingerprint density at radius 2 is 2.05 bits per heavy atom. The van der Waals surface area contributed by atoms with Crippen LogP contribution in [0.5, 0.6) is 0 Å². The normalized spacial score (nSPS) is 13.3. The summed E-state index contributed by atoms with van der Waals surface area (Å²) in [5.74, 6) is 0. The van der Waals surface area contributed by atoms with E-state index in [2.05, 4.69) is 10.3 Å². The summed E-state index contributed by atoms with van der Waals surface area (Å²) in [4.78, 5) is 4.27. The smallest absolute Gasteiger partial charge is 0.238 e. The van der Waals surface area contributed by atoms with Crippen LogP contribution in [-0.4, -0.2) is 13.4 Å². The molecule has 0 bridgehead atoms. The molecular weight excluding hydrogens is 318 g/mol. The number of hydrogen-bond donors (Lipinski definition) is 2. The van der Waals surface area contributed by atoms with E-state index in [1.165, 1.54) is 23.5 Å². The zero-order valence-electron chi connectivity index (χ0n) is 10.7. The highest BCUT2D eigenvalue weighted by Crippen LogP contribution is 2.20. The number of sulfonamides is 1. The number of halogens is 1. The molecule has 0 saturated carbocycles. The predicted molar refractivity (Wildman–Crippen MR) is 80.2 cm³/mol. The van der Waals surface area contributed by atoms with Crippen LogP contribution in [0.4, 0.5) is 0 Å². The first-order valence-electron chi connectivity index (χ1n) is 5.82. The number of hydrogen-bond acceptors (Lipinski definition) is 5. The second-order valence-corrected chi connectivity index (χ2v) is 7.58. The Hall–Kier alpha value is -0.990. The highest BCUT2D eigenvalue weighted by atomic mass is 35.5. The van der Waals surface area contributed by atoms with E-state index in [9.17, 15) is 8.42 Å². The third kappa shape index (κ3) is 4.00. The van der Waals surface area contributed by atoms with Gasteiger partial charge in [-0.2, -0.15) is 0 Å². The van der Waals surface area contributed by atoms with Crippen LogP contribution in [0, 0.1) is 0 Å². The lowest BCUT2D eigenvalue weighted by Crippen LogP contribution is -2.18. The number of benzene rings is 1. The molecule has 0 radical (unpaired) electrons. The van der Waals surface area contributed by atoms with Crippen LogP contribution in [0.1, 0.15) is 23.5 Å². The molecule has 1 heterocycles. The molecule has 0 saturated heterocycles. The van der Waals surface area contributed by atoms with Gasteiger partial charge in [0.15, 0.2) is 0 Å². The lowest BCUT2D eigenvalue weighted by atomic mass is 10.1. The van der Waals surface area contributed by atoms with Crippen molar-refractivity contribution in [2.24, 2.45) is 5.14 Å². The van der Waals surface area contributed by atoms with Gasteiger partial charge in [-0.3, -0.25) is 0 Å². The van der Waals surface area contributed by atoms with E-state index >= 15 is 0 Å². The SMILES string of the molecule is CC(NCc1ncc(Cl)s1)c1ccc(S(N)(=O)=O)cc1. The minimum Gasteiger partial charge on any atom is -0.304 e. The first kappa shape index (κ1) is 15.4. The summed E-state index contributed by atoms with van der Waals surface area (Å²) in [6.45, 7) is 2.59. The fraction of sp³-hybridized carbons (Fsp3) is 0.250. The Morgan fingerprint density at radius 1 is 1.40 bits per heavy atom. The molecule has 108 valence electrons. The van der Waals surface area contributed by atoms with Crippen molar-refractivity contribution in [3.8, 4) is 0 Å². The quantitative estimate of drug-likeness (QED) is 0.880. The standard InChI is InChI=1S/C12H14ClN3O2S2/c1-8(15-7-12-16-6-11(13)19-12)9-2-4-10(5-3-9)20(14,17)18/h2-6,8,15H,7H2,1H3,(H2,14,17,18). The van der Waals surface area contributed by atoms with Crippen molar-refractivity contribution in [3.63, 3.8) is 0 Å². The Morgan fingerprint density at radius 3 is 2.55 bits per heavy atom. The Balaban J connectivity index is 2.00. The van der Waals surface area contributed by atoms with Gasteiger partial charge in [-0.1, -0.05) is 23.7 Å². The van der Waals surface area contributed by atoms with E-state index in [-0.39, 0.29) is 10.9 Å². The van der Waals surface area contributed by atoms with Crippen LogP contribution < -0.4 is 10.5 Å². The lowest BCUT2D eigenvalue weighted by Gasteiger charge is -2.13. The Kier molecular flexibility index (Phi) is 4.77. The molecule has 0 spiro atoms. The van der Waals surface area contributed by atoms with Gasteiger partial charge in [0, 0.05) is 12.6 Å². The summed E-state index contributed by atoms with van der Waals surface area (Å²) < 4.78 is 23.0. The lowest BCUT2D eigenvalue weighted by molar-refractivity contribution is 0.572. The first-order chi connectivity index (χ1) is 9.36. The van der Waals surface area contributed by atoms with Gasteiger partial charge in [0.05, 0.1) is 11.1 Å². The molecular formula is C12H14ClN3O2S2. The molecule has 1 aromatic carbocycles. The van der Waals surface area contributed by atoms with Gasteiger partial charge in [-0.25, -0.2) is 18.5 Å². The van der Waals surface area contributed by atoms with E-state index in [0.29, 0.717) is 10.9 Å². The molecule has 8 heteroatoms. The van der Waals surface area contributed by atoms with Gasteiger partial charge in [0.2, 0.25) is 10.0 Å². The number of nitrogens with two attached hydrogens (primary N) is 1. The summed E-state index contributed by atoms with van der Waals surface area (Å²) >= 11 is 7.24. The van der Waals surface area contributed by atoms with Gasteiger partial charge in [-0.05, 0) is 24.6 Å². The molecule has 0 amide bonds.